The molecule has 0 aromatic heterocycles. The average molecular weight is 296 g/mol. The summed E-state index contributed by atoms with van der Waals surface area (Å²) in [5.41, 5.74) is 0.533. The van der Waals surface area contributed by atoms with E-state index < -0.39 is 5.97 Å². The van der Waals surface area contributed by atoms with Crippen molar-refractivity contribution in [1.82, 2.24) is 4.90 Å². The van der Waals surface area contributed by atoms with E-state index in [1.165, 1.54) is 24.3 Å². The number of carbonyl (C=O) groups is 2. The molecule has 2 N–H and O–H groups in total. The highest BCUT2D eigenvalue weighted by atomic mass is 19.1. The Morgan fingerprint density at radius 2 is 1.90 bits per heavy atom. The van der Waals surface area contributed by atoms with Crippen molar-refractivity contribution in [2.45, 2.75) is 18.9 Å². The molecule has 0 unspecified atom stereocenters. The van der Waals surface area contributed by atoms with Crippen molar-refractivity contribution in [1.29, 1.82) is 0 Å². The zero-order chi connectivity index (χ0) is 15.2. The Labute approximate surface area is 121 Å². The van der Waals surface area contributed by atoms with Gasteiger partial charge in [0.15, 0.2) is 0 Å². The topological polar surface area (TPSA) is 78.9 Å². The van der Waals surface area contributed by atoms with Gasteiger partial charge in [0.05, 0.1) is 6.10 Å². The third kappa shape index (κ3) is 4.71. The Balaban J connectivity index is 1.77. The van der Waals surface area contributed by atoms with E-state index in [-0.39, 0.29) is 24.6 Å². The molecule has 1 aliphatic rings. The first-order valence-electron chi connectivity index (χ1n) is 6.69. The largest absolute Gasteiger partial charge is 0.480 e. The number of benzene rings is 1. The Morgan fingerprint density at radius 3 is 2.48 bits per heavy atom. The Kier molecular flexibility index (Phi) is 5.10. The number of amides is 2. The number of piperidine rings is 1. The quantitative estimate of drug-likeness (QED) is 0.889. The number of aliphatic carboxylic acids is 1. The van der Waals surface area contributed by atoms with E-state index in [1.54, 1.807) is 4.90 Å². The van der Waals surface area contributed by atoms with Crippen molar-refractivity contribution in [3.05, 3.63) is 30.1 Å². The van der Waals surface area contributed by atoms with Crippen molar-refractivity contribution >= 4 is 17.7 Å². The first kappa shape index (κ1) is 15.2. The minimum absolute atomic E-state index is 0.129. The zero-order valence-electron chi connectivity index (χ0n) is 11.4. The Bertz CT molecular complexity index is 498. The summed E-state index contributed by atoms with van der Waals surface area (Å²) >= 11 is 0. The van der Waals surface area contributed by atoms with Crippen molar-refractivity contribution in [3.63, 3.8) is 0 Å². The number of rotatable bonds is 4. The fraction of sp³-hybridized carbons (Fsp3) is 0.429. The molecule has 2 rings (SSSR count). The van der Waals surface area contributed by atoms with Crippen LogP contribution in [-0.4, -0.2) is 47.8 Å². The van der Waals surface area contributed by atoms with E-state index in [4.69, 9.17) is 9.84 Å². The van der Waals surface area contributed by atoms with E-state index in [9.17, 15) is 14.0 Å². The number of carboxylic acids is 1. The van der Waals surface area contributed by atoms with E-state index in [2.05, 4.69) is 5.32 Å². The summed E-state index contributed by atoms with van der Waals surface area (Å²) in [6.07, 6.45) is 1.07. The molecule has 7 heteroatoms. The van der Waals surface area contributed by atoms with Gasteiger partial charge in [0.25, 0.3) is 0 Å². The molecule has 21 heavy (non-hydrogen) atoms. The number of carbonyl (C=O) groups excluding carboxylic acids is 1. The van der Waals surface area contributed by atoms with Crippen LogP contribution >= 0.6 is 0 Å². The van der Waals surface area contributed by atoms with Crippen LogP contribution < -0.4 is 5.32 Å². The number of nitrogens with one attached hydrogen (secondary N) is 1. The number of halogens is 1. The first-order valence-corrected chi connectivity index (χ1v) is 6.69. The molecule has 2 amide bonds. The normalized spacial score (nSPS) is 15.8. The van der Waals surface area contributed by atoms with Crippen LogP contribution in [0.15, 0.2) is 24.3 Å². The lowest BCUT2D eigenvalue weighted by Gasteiger charge is -2.31. The van der Waals surface area contributed by atoms with Crippen LogP contribution in [0.4, 0.5) is 14.9 Å². The summed E-state index contributed by atoms with van der Waals surface area (Å²) in [4.78, 5) is 24.1. The predicted molar refractivity (Wildman–Crippen MR) is 73.6 cm³/mol. The highest BCUT2D eigenvalue weighted by molar-refractivity contribution is 5.89. The monoisotopic (exact) mass is 296 g/mol. The van der Waals surface area contributed by atoms with Gasteiger partial charge in [-0.05, 0) is 37.1 Å². The van der Waals surface area contributed by atoms with Crippen LogP contribution in [0.3, 0.4) is 0 Å². The second-order valence-electron chi connectivity index (χ2n) is 4.83. The number of hydrogen-bond donors (Lipinski definition) is 2. The van der Waals surface area contributed by atoms with E-state index >= 15 is 0 Å². The molecular formula is C14H17FN2O4. The summed E-state index contributed by atoms with van der Waals surface area (Å²) in [7, 11) is 0. The van der Waals surface area contributed by atoms with E-state index in [1.807, 2.05) is 0 Å². The van der Waals surface area contributed by atoms with Crippen LogP contribution in [0, 0.1) is 5.82 Å². The van der Waals surface area contributed by atoms with Gasteiger partial charge >= 0.3 is 12.0 Å². The molecule has 0 spiro atoms. The van der Waals surface area contributed by atoms with Crippen molar-refractivity contribution in [3.8, 4) is 0 Å². The molecule has 0 bridgehead atoms. The van der Waals surface area contributed by atoms with Crippen molar-refractivity contribution < 1.29 is 23.8 Å². The van der Waals surface area contributed by atoms with Gasteiger partial charge in [0.1, 0.15) is 12.4 Å². The first-order chi connectivity index (χ1) is 10.0. The highest BCUT2D eigenvalue weighted by Crippen LogP contribution is 2.15. The number of urea groups is 1. The lowest BCUT2D eigenvalue weighted by Crippen LogP contribution is -2.43. The second-order valence-corrected chi connectivity index (χ2v) is 4.83. The van der Waals surface area contributed by atoms with Gasteiger partial charge in [-0.1, -0.05) is 0 Å². The molecule has 1 aromatic carbocycles. The van der Waals surface area contributed by atoms with Crippen LogP contribution in [-0.2, 0) is 9.53 Å². The molecule has 0 atom stereocenters. The molecule has 0 saturated carbocycles. The fourth-order valence-corrected chi connectivity index (χ4v) is 2.15. The van der Waals surface area contributed by atoms with Gasteiger partial charge in [0.2, 0.25) is 0 Å². The summed E-state index contributed by atoms with van der Waals surface area (Å²) in [6, 6.07) is 5.30. The molecule has 1 aromatic rings. The summed E-state index contributed by atoms with van der Waals surface area (Å²) in [6.45, 7) is 0.682. The second kappa shape index (κ2) is 7.03. The molecule has 1 heterocycles. The summed E-state index contributed by atoms with van der Waals surface area (Å²) in [5, 5.41) is 11.2. The van der Waals surface area contributed by atoms with Gasteiger partial charge in [0, 0.05) is 18.8 Å². The number of nitrogens with zero attached hydrogens (tertiary/aromatic N) is 1. The number of hydrogen-bond acceptors (Lipinski definition) is 3. The van der Waals surface area contributed by atoms with E-state index in [0.29, 0.717) is 31.6 Å². The Hall–Kier alpha value is -2.15. The van der Waals surface area contributed by atoms with Gasteiger partial charge < -0.3 is 20.1 Å². The number of anilines is 1. The number of carboxylic acid groups (broad SMARTS) is 1. The summed E-state index contributed by atoms with van der Waals surface area (Å²) in [5.74, 6) is -1.35. The Morgan fingerprint density at radius 1 is 1.29 bits per heavy atom. The SMILES string of the molecule is O=C(O)COC1CCN(C(=O)Nc2ccc(F)cc2)CC1. The van der Waals surface area contributed by atoms with Gasteiger partial charge in [-0.25, -0.2) is 14.0 Å². The number of ether oxygens (including phenoxy) is 1. The smallest absolute Gasteiger partial charge is 0.329 e. The third-order valence-corrected chi connectivity index (χ3v) is 3.27. The maximum absolute atomic E-state index is 12.8. The molecule has 0 aliphatic carbocycles. The molecule has 1 aliphatic heterocycles. The third-order valence-electron chi connectivity index (χ3n) is 3.27. The maximum Gasteiger partial charge on any atom is 0.329 e. The van der Waals surface area contributed by atoms with E-state index in [0.717, 1.165) is 0 Å². The van der Waals surface area contributed by atoms with Gasteiger partial charge in [-0.3, -0.25) is 0 Å². The molecule has 1 saturated heterocycles. The fourth-order valence-electron chi connectivity index (χ4n) is 2.15. The minimum Gasteiger partial charge on any atom is -0.480 e. The van der Waals surface area contributed by atoms with Crippen LogP contribution in [0.1, 0.15) is 12.8 Å². The molecule has 6 nitrogen and oxygen atoms in total. The lowest BCUT2D eigenvalue weighted by atomic mass is 10.1. The molecular weight excluding hydrogens is 279 g/mol. The minimum atomic E-state index is -0.994. The van der Waals surface area contributed by atoms with Gasteiger partial charge in [-0.15, -0.1) is 0 Å². The predicted octanol–water partition coefficient (Wildman–Crippen LogP) is 1.92. The van der Waals surface area contributed by atoms with Crippen molar-refractivity contribution in [2.24, 2.45) is 0 Å². The highest BCUT2D eigenvalue weighted by Gasteiger charge is 2.23. The number of likely N-dealkylation sites (tertiary alicyclic amines) is 1. The zero-order valence-corrected chi connectivity index (χ0v) is 11.4. The van der Waals surface area contributed by atoms with Crippen molar-refractivity contribution in [2.75, 3.05) is 25.0 Å². The molecule has 114 valence electrons. The molecule has 0 radical (unpaired) electrons. The average Bonchev–Trinajstić information content (AvgIpc) is 2.48. The summed E-state index contributed by atoms with van der Waals surface area (Å²) < 4.78 is 18.0. The van der Waals surface area contributed by atoms with Crippen LogP contribution in [0.25, 0.3) is 0 Å². The van der Waals surface area contributed by atoms with Crippen LogP contribution in [0.5, 0.6) is 0 Å². The maximum atomic E-state index is 12.8. The molecule has 1 fully saturated rings. The van der Waals surface area contributed by atoms with Gasteiger partial charge in [-0.2, -0.15) is 0 Å². The lowest BCUT2D eigenvalue weighted by molar-refractivity contribution is -0.145. The van der Waals surface area contributed by atoms with Crippen LogP contribution in [0.2, 0.25) is 0 Å². The standard InChI is InChI=1S/C14H17FN2O4/c15-10-1-3-11(4-2-10)16-14(20)17-7-5-12(6-8-17)21-9-13(18)19/h1-4,12H,5-9H2,(H,16,20)(H,18,19).